The summed E-state index contributed by atoms with van der Waals surface area (Å²) in [6.07, 6.45) is 2.61. The van der Waals surface area contributed by atoms with Crippen molar-refractivity contribution in [2.75, 3.05) is 11.5 Å². The van der Waals surface area contributed by atoms with Gasteiger partial charge in [-0.3, -0.25) is 4.98 Å². The fraction of sp³-hybridized carbons (Fsp3) is 0.438. The molecule has 1 saturated heterocycles. The second-order valence-corrected chi connectivity index (χ2v) is 6.47. The van der Waals surface area contributed by atoms with E-state index in [9.17, 15) is 0 Å². The molecule has 0 spiro atoms. The van der Waals surface area contributed by atoms with E-state index in [1.54, 1.807) is 0 Å². The zero-order valence-electron chi connectivity index (χ0n) is 11.4. The van der Waals surface area contributed by atoms with Crippen molar-refractivity contribution in [3.63, 3.8) is 0 Å². The summed E-state index contributed by atoms with van der Waals surface area (Å²) in [5.74, 6) is 2.61. The predicted octanol–water partition coefficient (Wildman–Crippen LogP) is 3.53. The fourth-order valence-corrected chi connectivity index (χ4v) is 3.66. The van der Waals surface area contributed by atoms with E-state index in [1.807, 2.05) is 6.92 Å². The second kappa shape index (κ2) is 5.93. The van der Waals surface area contributed by atoms with Crippen LogP contribution in [0.5, 0.6) is 0 Å². The molecule has 0 aliphatic carbocycles. The minimum Gasteiger partial charge on any atom is -0.310 e. The Balaban J connectivity index is 1.69. The molecule has 2 heterocycles. The number of thioether (sulfide) groups is 1. The standard InChI is InChI=1S/C16H20N2S/c1-12-2-4-14-10-13(3-5-16(14)18-12)11-17-15-6-8-19-9-7-15/h2-5,10,15,17H,6-9,11H2,1H3. The molecule has 0 atom stereocenters. The molecule has 19 heavy (non-hydrogen) atoms. The minimum atomic E-state index is 0.702. The first kappa shape index (κ1) is 12.9. The summed E-state index contributed by atoms with van der Waals surface area (Å²) in [5.41, 5.74) is 3.53. The summed E-state index contributed by atoms with van der Waals surface area (Å²) in [6, 6.07) is 11.5. The molecule has 0 unspecified atom stereocenters. The number of nitrogens with one attached hydrogen (secondary N) is 1. The average molecular weight is 272 g/mol. The zero-order chi connectivity index (χ0) is 13.1. The van der Waals surface area contributed by atoms with Gasteiger partial charge in [-0.1, -0.05) is 12.1 Å². The minimum absolute atomic E-state index is 0.702. The summed E-state index contributed by atoms with van der Waals surface area (Å²) in [5, 5.41) is 4.92. The molecule has 100 valence electrons. The van der Waals surface area contributed by atoms with Crippen molar-refractivity contribution in [3.05, 3.63) is 41.6 Å². The fourth-order valence-electron chi connectivity index (χ4n) is 2.55. The summed E-state index contributed by atoms with van der Waals surface area (Å²) in [6.45, 7) is 3.01. The van der Waals surface area contributed by atoms with Crippen LogP contribution in [0.1, 0.15) is 24.1 Å². The predicted molar refractivity (Wildman–Crippen MR) is 83.7 cm³/mol. The summed E-state index contributed by atoms with van der Waals surface area (Å²) in [4.78, 5) is 4.54. The van der Waals surface area contributed by atoms with Crippen LogP contribution in [-0.4, -0.2) is 22.5 Å². The number of nitrogens with zero attached hydrogens (tertiary/aromatic N) is 1. The van der Waals surface area contributed by atoms with Crippen molar-refractivity contribution >= 4 is 22.7 Å². The Labute approximate surface area is 119 Å². The van der Waals surface area contributed by atoms with E-state index in [0.29, 0.717) is 6.04 Å². The van der Waals surface area contributed by atoms with Crippen molar-refractivity contribution in [1.29, 1.82) is 0 Å². The highest BCUT2D eigenvalue weighted by molar-refractivity contribution is 7.99. The van der Waals surface area contributed by atoms with Gasteiger partial charge in [-0.2, -0.15) is 11.8 Å². The molecule has 3 rings (SSSR count). The lowest BCUT2D eigenvalue weighted by Gasteiger charge is -2.22. The zero-order valence-corrected chi connectivity index (χ0v) is 12.2. The Morgan fingerprint density at radius 2 is 2.05 bits per heavy atom. The molecule has 1 fully saturated rings. The SMILES string of the molecule is Cc1ccc2cc(CNC3CCSCC3)ccc2n1. The highest BCUT2D eigenvalue weighted by Crippen LogP contribution is 2.18. The first-order valence-corrected chi connectivity index (χ1v) is 8.14. The lowest BCUT2D eigenvalue weighted by Crippen LogP contribution is -2.31. The van der Waals surface area contributed by atoms with E-state index in [2.05, 4.69) is 52.4 Å². The molecule has 1 aromatic heterocycles. The Kier molecular flexibility index (Phi) is 4.04. The molecule has 1 aliphatic heterocycles. The molecule has 0 bridgehead atoms. The molecule has 1 aromatic carbocycles. The number of pyridine rings is 1. The molecule has 0 saturated carbocycles. The van der Waals surface area contributed by atoms with Crippen molar-refractivity contribution in [2.45, 2.75) is 32.4 Å². The molecule has 2 nitrogen and oxygen atoms in total. The molecular weight excluding hydrogens is 252 g/mol. The van der Waals surface area contributed by atoms with Gasteiger partial charge in [0.1, 0.15) is 0 Å². The topological polar surface area (TPSA) is 24.9 Å². The van der Waals surface area contributed by atoms with Crippen LogP contribution in [0.25, 0.3) is 10.9 Å². The lowest BCUT2D eigenvalue weighted by atomic mass is 10.1. The first-order chi connectivity index (χ1) is 9.31. The van der Waals surface area contributed by atoms with Crippen LogP contribution in [-0.2, 0) is 6.54 Å². The van der Waals surface area contributed by atoms with E-state index in [0.717, 1.165) is 17.8 Å². The van der Waals surface area contributed by atoms with Gasteiger partial charge in [-0.05, 0) is 55.0 Å². The van der Waals surface area contributed by atoms with Crippen molar-refractivity contribution < 1.29 is 0 Å². The molecule has 0 amide bonds. The monoisotopic (exact) mass is 272 g/mol. The van der Waals surface area contributed by atoms with Gasteiger partial charge in [0.05, 0.1) is 5.52 Å². The van der Waals surface area contributed by atoms with Crippen molar-refractivity contribution in [3.8, 4) is 0 Å². The van der Waals surface area contributed by atoms with Gasteiger partial charge in [-0.15, -0.1) is 0 Å². The highest BCUT2D eigenvalue weighted by Gasteiger charge is 2.12. The van der Waals surface area contributed by atoms with E-state index in [1.165, 1.54) is 35.3 Å². The van der Waals surface area contributed by atoms with E-state index < -0.39 is 0 Å². The molecular formula is C16H20N2S. The molecule has 2 aromatic rings. The summed E-state index contributed by atoms with van der Waals surface area (Å²) in [7, 11) is 0. The number of rotatable bonds is 3. The number of hydrogen-bond acceptors (Lipinski definition) is 3. The van der Waals surface area contributed by atoms with Crippen LogP contribution in [0.15, 0.2) is 30.3 Å². The van der Waals surface area contributed by atoms with Gasteiger partial charge >= 0.3 is 0 Å². The molecule has 0 radical (unpaired) electrons. The maximum atomic E-state index is 4.54. The van der Waals surface area contributed by atoms with E-state index in [4.69, 9.17) is 0 Å². The van der Waals surface area contributed by atoms with Crippen molar-refractivity contribution in [2.24, 2.45) is 0 Å². The Morgan fingerprint density at radius 1 is 1.21 bits per heavy atom. The number of hydrogen-bond donors (Lipinski definition) is 1. The first-order valence-electron chi connectivity index (χ1n) is 6.99. The summed E-state index contributed by atoms with van der Waals surface area (Å²) >= 11 is 2.08. The quantitative estimate of drug-likeness (QED) is 0.925. The molecule has 1 N–H and O–H groups in total. The third kappa shape index (κ3) is 3.28. The summed E-state index contributed by atoms with van der Waals surface area (Å²) < 4.78 is 0. The van der Waals surface area contributed by atoms with Gasteiger partial charge in [-0.25, -0.2) is 0 Å². The molecule has 3 heteroatoms. The van der Waals surface area contributed by atoms with Crippen LogP contribution >= 0.6 is 11.8 Å². The average Bonchev–Trinajstić information content (AvgIpc) is 2.46. The van der Waals surface area contributed by atoms with Crippen LogP contribution in [0.4, 0.5) is 0 Å². The maximum Gasteiger partial charge on any atom is 0.0705 e. The Morgan fingerprint density at radius 3 is 2.89 bits per heavy atom. The van der Waals surface area contributed by atoms with E-state index in [-0.39, 0.29) is 0 Å². The van der Waals surface area contributed by atoms with Gasteiger partial charge in [0.25, 0.3) is 0 Å². The number of aryl methyl sites for hydroxylation is 1. The normalized spacial score (nSPS) is 16.9. The molecule has 1 aliphatic rings. The van der Waals surface area contributed by atoms with E-state index >= 15 is 0 Å². The van der Waals surface area contributed by atoms with Crippen LogP contribution in [0, 0.1) is 6.92 Å². The highest BCUT2D eigenvalue weighted by atomic mass is 32.2. The smallest absolute Gasteiger partial charge is 0.0705 e. The van der Waals surface area contributed by atoms with Gasteiger partial charge < -0.3 is 5.32 Å². The number of benzene rings is 1. The van der Waals surface area contributed by atoms with Crippen LogP contribution in [0.3, 0.4) is 0 Å². The largest absolute Gasteiger partial charge is 0.310 e. The number of aromatic nitrogens is 1. The van der Waals surface area contributed by atoms with Crippen LogP contribution < -0.4 is 5.32 Å². The van der Waals surface area contributed by atoms with Gasteiger partial charge in [0.15, 0.2) is 0 Å². The maximum absolute atomic E-state index is 4.54. The Bertz CT molecular complexity index is 562. The van der Waals surface area contributed by atoms with Crippen molar-refractivity contribution in [1.82, 2.24) is 10.3 Å². The second-order valence-electron chi connectivity index (χ2n) is 5.25. The van der Waals surface area contributed by atoms with Crippen LogP contribution in [0.2, 0.25) is 0 Å². The lowest BCUT2D eigenvalue weighted by molar-refractivity contribution is 0.482. The van der Waals surface area contributed by atoms with Gasteiger partial charge in [0, 0.05) is 23.7 Å². The Hall–Kier alpha value is -1.06. The number of fused-ring (bicyclic) bond motifs is 1. The third-order valence-electron chi connectivity index (χ3n) is 3.71. The van der Waals surface area contributed by atoms with Gasteiger partial charge in [0.2, 0.25) is 0 Å². The third-order valence-corrected chi connectivity index (χ3v) is 4.76.